The van der Waals surface area contributed by atoms with Gasteiger partial charge in [-0.15, -0.1) is 0 Å². The number of rotatable bonds is 3. The molecule has 5 atom stereocenters. The molecule has 4 heteroatoms. The van der Waals surface area contributed by atoms with Crippen LogP contribution in [0.15, 0.2) is 53.0 Å². The fourth-order valence-electron chi connectivity index (χ4n) is 4.72. The monoisotopic (exact) mass is 354 g/mol. The zero-order valence-corrected chi connectivity index (χ0v) is 15.5. The van der Waals surface area contributed by atoms with Crippen LogP contribution in [-0.2, 0) is 20.4 Å². The largest absolute Gasteiger partial charge is 0.294 e. The molecule has 3 aliphatic carbocycles. The Hall–Kier alpha value is -1.81. The number of benzene rings is 1. The van der Waals surface area contributed by atoms with Gasteiger partial charge in [-0.3, -0.25) is 13.8 Å². The van der Waals surface area contributed by atoms with Crippen LogP contribution < -0.4 is 0 Å². The molecule has 1 aromatic rings. The van der Waals surface area contributed by atoms with Crippen molar-refractivity contribution in [3.63, 3.8) is 0 Å². The molecule has 0 spiro atoms. The van der Waals surface area contributed by atoms with Crippen molar-refractivity contribution in [1.29, 1.82) is 0 Å². The molecule has 0 aromatic heterocycles. The van der Waals surface area contributed by atoms with Gasteiger partial charge in [-0.1, -0.05) is 43.7 Å². The molecule has 4 rings (SSSR count). The molecule has 0 aliphatic heterocycles. The summed E-state index contributed by atoms with van der Waals surface area (Å²) in [5.74, 6) is -0.683. The fraction of sp³-hybridized carbons (Fsp3) is 0.429. The molecule has 1 fully saturated rings. The number of carbonyl (C=O) groups is 2. The van der Waals surface area contributed by atoms with E-state index in [4.69, 9.17) is 0 Å². The third-order valence-corrected chi connectivity index (χ3v) is 8.03. The van der Waals surface area contributed by atoms with Gasteiger partial charge in [0.05, 0.1) is 16.7 Å². The Labute approximate surface area is 150 Å². The molecular formula is C21H22O3S. The van der Waals surface area contributed by atoms with Gasteiger partial charge in [0, 0.05) is 16.4 Å². The van der Waals surface area contributed by atoms with Crippen molar-refractivity contribution in [2.45, 2.75) is 36.8 Å². The minimum absolute atomic E-state index is 0.00497. The molecule has 0 radical (unpaired) electrons. The number of aryl methyl sites for hydroxylation is 1. The highest BCUT2D eigenvalue weighted by Gasteiger charge is 2.67. The van der Waals surface area contributed by atoms with Crippen LogP contribution >= 0.6 is 0 Å². The highest BCUT2D eigenvalue weighted by Crippen LogP contribution is 2.58. The Kier molecular flexibility index (Phi) is 3.73. The Morgan fingerprint density at radius 2 is 1.80 bits per heavy atom. The topological polar surface area (TPSA) is 51.2 Å². The van der Waals surface area contributed by atoms with Crippen LogP contribution in [0.2, 0.25) is 0 Å². The van der Waals surface area contributed by atoms with E-state index in [1.807, 2.05) is 57.2 Å². The minimum atomic E-state index is -1.55. The van der Waals surface area contributed by atoms with Crippen LogP contribution in [0.25, 0.3) is 0 Å². The first-order chi connectivity index (χ1) is 11.9. The fourth-order valence-corrected chi connectivity index (χ4v) is 6.70. The zero-order valence-electron chi connectivity index (χ0n) is 14.7. The van der Waals surface area contributed by atoms with Gasteiger partial charge < -0.3 is 0 Å². The van der Waals surface area contributed by atoms with Gasteiger partial charge in [0.1, 0.15) is 4.75 Å². The second-order valence-corrected chi connectivity index (χ2v) is 9.41. The number of ketones is 2. The molecule has 1 saturated carbocycles. The molecule has 3 nitrogen and oxygen atoms in total. The summed E-state index contributed by atoms with van der Waals surface area (Å²) in [4.78, 5) is 27.1. The number of fused-ring (bicyclic) bond motifs is 5. The standard InChI is InChI=1S/C21H22O3S/c1-12(2)17-11-18(22)21(25(24)16-8-4-13(3)5-9-16)15-7-6-14(10-15)19(21)20(17)23/h4-9,11-12,14-15,19H,10H2,1-3H3/t14-,15+,19+,21+,25?/m1/s1. The van der Waals surface area contributed by atoms with Crippen molar-refractivity contribution in [2.75, 3.05) is 0 Å². The molecule has 0 amide bonds. The van der Waals surface area contributed by atoms with Crippen LogP contribution in [0.4, 0.5) is 0 Å². The van der Waals surface area contributed by atoms with Gasteiger partial charge in [0.25, 0.3) is 0 Å². The number of Topliss-reactive ketones (excluding diaryl/α,β-unsaturated/α-hetero) is 1. The first-order valence-corrected chi connectivity index (χ1v) is 9.99. The maximum absolute atomic E-state index is 13.6. The molecule has 0 saturated heterocycles. The van der Waals surface area contributed by atoms with E-state index in [0.29, 0.717) is 10.5 Å². The SMILES string of the molecule is Cc1ccc(S(=O)[C@@]23C(=O)C=C(C(C)C)C(=O)[C@@H]2[C@@H]2C=C[C@H]3C2)cc1. The van der Waals surface area contributed by atoms with Crippen LogP contribution in [0.1, 0.15) is 25.8 Å². The Balaban J connectivity index is 1.89. The Morgan fingerprint density at radius 1 is 1.12 bits per heavy atom. The Bertz CT molecular complexity index is 846. The average Bonchev–Trinajstić information content (AvgIpc) is 3.18. The number of hydrogen-bond acceptors (Lipinski definition) is 3. The quantitative estimate of drug-likeness (QED) is 0.782. The molecule has 25 heavy (non-hydrogen) atoms. The lowest BCUT2D eigenvalue weighted by atomic mass is 9.69. The third kappa shape index (κ3) is 2.13. The molecule has 3 aliphatic rings. The highest BCUT2D eigenvalue weighted by molar-refractivity contribution is 7.87. The van der Waals surface area contributed by atoms with E-state index >= 15 is 0 Å². The predicted molar refractivity (Wildman–Crippen MR) is 97.5 cm³/mol. The van der Waals surface area contributed by atoms with Gasteiger partial charge in [-0.05, 0) is 43.4 Å². The third-order valence-electron chi connectivity index (χ3n) is 5.96. The van der Waals surface area contributed by atoms with E-state index in [1.54, 1.807) is 0 Å². The zero-order chi connectivity index (χ0) is 17.9. The number of allylic oxidation sites excluding steroid dienone is 4. The molecule has 1 aromatic carbocycles. The van der Waals surface area contributed by atoms with Gasteiger partial charge in [-0.25, -0.2) is 0 Å². The van der Waals surface area contributed by atoms with Gasteiger partial charge >= 0.3 is 0 Å². The lowest BCUT2D eigenvalue weighted by Gasteiger charge is -2.41. The van der Waals surface area contributed by atoms with Crippen LogP contribution in [-0.4, -0.2) is 20.5 Å². The van der Waals surface area contributed by atoms with Crippen molar-refractivity contribution in [3.8, 4) is 0 Å². The number of carbonyl (C=O) groups excluding carboxylic acids is 2. The van der Waals surface area contributed by atoms with E-state index in [2.05, 4.69) is 0 Å². The van der Waals surface area contributed by atoms with E-state index in [0.717, 1.165) is 12.0 Å². The second kappa shape index (κ2) is 5.60. The summed E-state index contributed by atoms with van der Waals surface area (Å²) in [5, 5.41) is 0. The smallest absolute Gasteiger partial charge is 0.176 e. The summed E-state index contributed by atoms with van der Waals surface area (Å²) in [6.07, 6.45) is 6.30. The van der Waals surface area contributed by atoms with E-state index in [-0.39, 0.29) is 29.3 Å². The lowest BCUT2D eigenvalue weighted by molar-refractivity contribution is -0.129. The van der Waals surface area contributed by atoms with Crippen LogP contribution in [0.3, 0.4) is 0 Å². The summed E-state index contributed by atoms with van der Waals surface area (Å²) in [5.41, 5.74) is 1.67. The molecule has 0 heterocycles. The molecule has 0 N–H and O–H groups in total. The number of hydrogen-bond donors (Lipinski definition) is 0. The average molecular weight is 354 g/mol. The first kappa shape index (κ1) is 16.6. The summed E-state index contributed by atoms with van der Waals surface area (Å²) < 4.78 is 12.5. The van der Waals surface area contributed by atoms with E-state index < -0.39 is 21.5 Å². The van der Waals surface area contributed by atoms with Crippen molar-refractivity contribution in [2.24, 2.45) is 23.7 Å². The summed E-state index contributed by atoms with van der Waals surface area (Å²) in [6.45, 7) is 5.84. The van der Waals surface area contributed by atoms with Crippen molar-refractivity contribution in [1.82, 2.24) is 0 Å². The lowest BCUT2D eigenvalue weighted by Crippen LogP contribution is -2.57. The first-order valence-electron chi connectivity index (χ1n) is 8.84. The second-order valence-electron chi connectivity index (χ2n) is 7.73. The molecular weight excluding hydrogens is 332 g/mol. The normalized spacial score (nSPS) is 34.4. The van der Waals surface area contributed by atoms with Gasteiger partial charge in [0.15, 0.2) is 11.6 Å². The summed E-state index contributed by atoms with van der Waals surface area (Å²) in [6, 6.07) is 7.47. The summed E-state index contributed by atoms with van der Waals surface area (Å²) in [7, 11) is -1.55. The Morgan fingerprint density at radius 3 is 2.44 bits per heavy atom. The molecule has 130 valence electrons. The van der Waals surface area contributed by atoms with Gasteiger partial charge in [0.2, 0.25) is 0 Å². The van der Waals surface area contributed by atoms with Crippen molar-refractivity contribution in [3.05, 3.63) is 53.6 Å². The maximum atomic E-state index is 13.6. The minimum Gasteiger partial charge on any atom is -0.294 e. The van der Waals surface area contributed by atoms with Crippen molar-refractivity contribution < 1.29 is 13.8 Å². The predicted octanol–water partition coefficient (Wildman–Crippen LogP) is 3.40. The molecule has 2 bridgehead atoms. The molecule has 1 unspecified atom stereocenters. The van der Waals surface area contributed by atoms with Crippen LogP contribution in [0.5, 0.6) is 0 Å². The maximum Gasteiger partial charge on any atom is 0.176 e. The van der Waals surface area contributed by atoms with E-state index in [1.165, 1.54) is 6.08 Å². The van der Waals surface area contributed by atoms with Crippen LogP contribution in [0, 0.1) is 30.6 Å². The van der Waals surface area contributed by atoms with Crippen molar-refractivity contribution >= 4 is 22.4 Å². The van der Waals surface area contributed by atoms with E-state index in [9.17, 15) is 13.8 Å². The highest BCUT2D eigenvalue weighted by atomic mass is 32.2. The summed E-state index contributed by atoms with van der Waals surface area (Å²) >= 11 is 0. The van der Waals surface area contributed by atoms with Gasteiger partial charge in [-0.2, -0.15) is 0 Å².